The van der Waals surface area contributed by atoms with Crippen LogP contribution in [0.15, 0.2) is 45.9 Å². The largest absolute Gasteiger partial charge is 0.433 e. The maximum Gasteiger partial charge on any atom is 0.433 e. The lowest BCUT2D eigenvalue weighted by Crippen LogP contribution is -1.96. The molecule has 0 fully saturated rings. The molecule has 0 saturated carbocycles. The van der Waals surface area contributed by atoms with E-state index < -0.39 is 15.7 Å². The zero-order chi connectivity index (χ0) is 15.4. The first-order valence-electron chi connectivity index (χ1n) is 5.45. The third kappa shape index (κ3) is 3.63. The van der Waals surface area contributed by atoms with Crippen LogP contribution in [0, 0.1) is 20.2 Å². The summed E-state index contributed by atoms with van der Waals surface area (Å²) in [6.07, 6.45) is 0. The number of rotatable bonds is 5. The van der Waals surface area contributed by atoms with E-state index in [0.29, 0.717) is 5.69 Å². The van der Waals surface area contributed by atoms with Gasteiger partial charge < -0.3 is 4.42 Å². The predicted octanol–water partition coefficient (Wildman–Crippen LogP) is 3.26. The van der Waals surface area contributed by atoms with Crippen molar-refractivity contribution >= 4 is 37.8 Å². The van der Waals surface area contributed by atoms with Gasteiger partial charge in [0.25, 0.3) is 5.69 Å². The van der Waals surface area contributed by atoms with Crippen LogP contribution in [0.4, 0.5) is 17.3 Å². The SMILES string of the molecule is O=[N+]([O-])c1ccc(N/N=C(/Br)c2ccc([N+](=O)[O-])o2)cc1. The molecule has 1 aromatic carbocycles. The summed E-state index contributed by atoms with van der Waals surface area (Å²) in [5.41, 5.74) is 3.11. The minimum Gasteiger partial charge on any atom is -0.398 e. The number of non-ortho nitro benzene ring substituents is 1. The topological polar surface area (TPSA) is 124 Å². The van der Waals surface area contributed by atoms with E-state index in [-0.39, 0.29) is 16.1 Å². The van der Waals surface area contributed by atoms with Gasteiger partial charge in [0.05, 0.1) is 16.7 Å². The smallest absolute Gasteiger partial charge is 0.398 e. The first kappa shape index (κ1) is 14.7. The highest BCUT2D eigenvalue weighted by atomic mass is 79.9. The molecule has 0 unspecified atom stereocenters. The van der Waals surface area contributed by atoms with E-state index >= 15 is 0 Å². The Morgan fingerprint density at radius 2 is 1.76 bits per heavy atom. The van der Waals surface area contributed by atoms with Gasteiger partial charge in [0, 0.05) is 12.1 Å². The summed E-state index contributed by atoms with van der Waals surface area (Å²) in [7, 11) is 0. The van der Waals surface area contributed by atoms with Gasteiger partial charge in [0.1, 0.15) is 4.92 Å². The van der Waals surface area contributed by atoms with Crippen LogP contribution >= 0.6 is 15.9 Å². The Kier molecular flexibility index (Phi) is 4.28. The molecule has 0 aliphatic carbocycles. The van der Waals surface area contributed by atoms with Crippen LogP contribution in [0.3, 0.4) is 0 Å². The van der Waals surface area contributed by atoms with Crippen molar-refractivity contribution < 1.29 is 14.3 Å². The molecule has 0 spiro atoms. The number of hydrazone groups is 1. The molecular weight excluding hydrogens is 348 g/mol. The molecule has 0 bridgehead atoms. The van der Waals surface area contributed by atoms with Crippen molar-refractivity contribution in [2.75, 3.05) is 5.43 Å². The predicted molar refractivity (Wildman–Crippen MR) is 77.5 cm³/mol. The number of anilines is 1. The lowest BCUT2D eigenvalue weighted by Gasteiger charge is -2.00. The zero-order valence-electron chi connectivity index (χ0n) is 10.2. The molecule has 0 amide bonds. The quantitative estimate of drug-likeness (QED) is 0.499. The molecule has 108 valence electrons. The van der Waals surface area contributed by atoms with E-state index in [1.54, 1.807) is 0 Å². The molecule has 1 aromatic heterocycles. The Labute approximate surface area is 125 Å². The summed E-state index contributed by atoms with van der Waals surface area (Å²) in [4.78, 5) is 19.8. The highest BCUT2D eigenvalue weighted by molar-refractivity contribution is 9.18. The van der Waals surface area contributed by atoms with Gasteiger partial charge in [0.15, 0.2) is 10.4 Å². The van der Waals surface area contributed by atoms with E-state index in [4.69, 9.17) is 4.42 Å². The molecule has 0 radical (unpaired) electrons. The Hall–Kier alpha value is -2.75. The standard InChI is InChI=1S/C11H7BrN4O5/c12-11(9-5-6-10(21-9)16(19)20)14-13-7-1-3-8(4-2-7)15(17)18/h1-6,13H/b14-11+. The molecule has 0 atom stereocenters. The third-order valence-corrected chi connectivity index (χ3v) is 2.90. The van der Waals surface area contributed by atoms with Gasteiger partial charge in [-0.25, -0.2) is 0 Å². The van der Waals surface area contributed by atoms with Gasteiger partial charge in [-0.1, -0.05) is 0 Å². The molecular formula is C11H7BrN4O5. The molecule has 9 nitrogen and oxygen atoms in total. The van der Waals surface area contributed by atoms with Crippen LogP contribution in [0.5, 0.6) is 0 Å². The van der Waals surface area contributed by atoms with Crippen LogP contribution < -0.4 is 5.43 Å². The van der Waals surface area contributed by atoms with Gasteiger partial charge in [-0.15, -0.1) is 0 Å². The fourth-order valence-electron chi connectivity index (χ4n) is 1.36. The van der Waals surface area contributed by atoms with Crippen molar-refractivity contribution in [3.8, 4) is 0 Å². The summed E-state index contributed by atoms with van der Waals surface area (Å²) in [6.45, 7) is 0. The van der Waals surface area contributed by atoms with Crippen molar-refractivity contribution in [3.63, 3.8) is 0 Å². The third-order valence-electron chi connectivity index (χ3n) is 2.34. The number of halogens is 1. The van der Waals surface area contributed by atoms with E-state index in [1.165, 1.54) is 36.4 Å². The molecule has 0 aliphatic rings. The number of nitro benzene ring substituents is 1. The highest BCUT2D eigenvalue weighted by Gasteiger charge is 2.14. The van der Waals surface area contributed by atoms with E-state index in [0.717, 1.165) is 0 Å². The Morgan fingerprint density at radius 3 is 2.29 bits per heavy atom. The molecule has 21 heavy (non-hydrogen) atoms. The molecule has 0 saturated heterocycles. The molecule has 2 aromatic rings. The van der Waals surface area contributed by atoms with Crippen LogP contribution in [0.25, 0.3) is 0 Å². The summed E-state index contributed by atoms with van der Waals surface area (Å²) in [5, 5.41) is 24.9. The molecule has 0 aliphatic heterocycles. The van der Waals surface area contributed by atoms with E-state index in [2.05, 4.69) is 26.5 Å². The summed E-state index contributed by atoms with van der Waals surface area (Å²) >= 11 is 3.11. The van der Waals surface area contributed by atoms with E-state index in [9.17, 15) is 20.2 Å². The summed E-state index contributed by atoms with van der Waals surface area (Å²) < 4.78 is 5.16. The Balaban J connectivity index is 2.08. The first-order chi connectivity index (χ1) is 9.97. The lowest BCUT2D eigenvalue weighted by molar-refractivity contribution is -0.402. The van der Waals surface area contributed by atoms with Crippen molar-refractivity contribution in [2.45, 2.75) is 0 Å². The second-order valence-electron chi connectivity index (χ2n) is 3.71. The Bertz CT molecular complexity index is 710. The molecule has 10 heteroatoms. The lowest BCUT2D eigenvalue weighted by atomic mass is 10.3. The minimum absolute atomic E-state index is 0.0368. The number of nitro groups is 2. The van der Waals surface area contributed by atoms with E-state index in [1.807, 2.05) is 0 Å². The average Bonchev–Trinajstić information content (AvgIpc) is 2.95. The zero-order valence-corrected chi connectivity index (χ0v) is 11.8. The van der Waals surface area contributed by atoms with Crippen LogP contribution in [0.1, 0.15) is 5.76 Å². The van der Waals surface area contributed by atoms with Gasteiger partial charge in [-0.2, -0.15) is 5.10 Å². The van der Waals surface area contributed by atoms with Crippen molar-refractivity contribution in [3.05, 3.63) is 62.4 Å². The first-order valence-corrected chi connectivity index (χ1v) is 6.25. The fraction of sp³-hybridized carbons (Fsp3) is 0. The minimum atomic E-state index is -0.659. The number of nitrogens with one attached hydrogen (secondary N) is 1. The van der Waals surface area contributed by atoms with Crippen molar-refractivity contribution in [2.24, 2.45) is 5.10 Å². The number of benzene rings is 1. The second kappa shape index (κ2) is 6.13. The number of furan rings is 1. The number of hydrogen-bond acceptors (Lipinski definition) is 7. The molecule has 1 heterocycles. The molecule has 1 N–H and O–H groups in total. The Morgan fingerprint density at radius 1 is 1.10 bits per heavy atom. The normalized spacial score (nSPS) is 11.2. The van der Waals surface area contributed by atoms with Gasteiger partial charge in [0.2, 0.25) is 0 Å². The van der Waals surface area contributed by atoms with Crippen molar-refractivity contribution in [1.29, 1.82) is 0 Å². The van der Waals surface area contributed by atoms with Crippen LogP contribution in [-0.4, -0.2) is 14.5 Å². The maximum absolute atomic E-state index is 10.5. The molecule has 2 rings (SSSR count). The average molecular weight is 355 g/mol. The monoisotopic (exact) mass is 354 g/mol. The summed E-state index contributed by atoms with van der Waals surface area (Å²) in [5.74, 6) is -0.219. The van der Waals surface area contributed by atoms with Gasteiger partial charge in [-0.3, -0.25) is 25.7 Å². The van der Waals surface area contributed by atoms with Gasteiger partial charge in [-0.05, 0) is 34.1 Å². The van der Waals surface area contributed by atoms with Crippen LogP contribution in [-0.2, 0) is 0 Å². The fourth-order valence-corrected chi connectivity index (χ4v) is 1.66. The van der Waals surface area contributed by atoms with Gasteiger partial charge >= 0.3 is 5.88 Å². The van der Waals surface area contributed by atoms with Crippen LogP contribution in [0.2, 0.25) is 0 Å². The highest BCUT2D eigenvalue weighted by Crippen LogP contribution is 2.19. The number of hydrogen-bond donors (Lipinski definition) is 1. The second-order valence-corrected chi connectivity index (χ2v) is 4.46. The summed E-state index contributed by atoms with van der Waals surface area (Å²) in [6, 6.07) is 8.20. The number of nitrogens with zero attached hydrogens (tertiary/aromatic N) is 3. The van der Waals surface area contributed by atoms with Crippen molar-refractivity contribution in [1.82, 2.24) is 0 Å². The maximum atomic E-state index is 10.5.